The van der Waals surface area contributed by atoms with E-state index in [9.17, 15) is 4.79 Å². The lowest BCUT2D eigenvalue weighted by Crippen LogP contribution is -2.21. The van der Waals surface area contributed by atoms with Crippen LogP contribution in [0.5, 0.6) is 11.5 Å². The van der Waals surface area contributed by atoms with E-state index in [0.717, 1.165) is 26.1 Å². The van der Waals surface area contributed by atoms with Crippen molar-refractivity contribution in [2.24, 2.45) is 5.92 Å². The summed E-state index contributed by atoms with van der Waals surface area (Å²) in [5.74, 6) is 0.540. The van der Waals surface area contributed by atoms with E-state index < -0.39 is 5.97 Å². The molecule has 0 spiro atoms. The van der Waals surface area contributed by atoms with Gasteiger partial charge in [-0.3, -0.25) is 0 Å². The second-order valence-electron chi connectivity index (χ2n) is 4.54. The molecule has 1 aromatic carbocycles. The van der Waals surface area contributed by atoms with E-state index in [1.165, 1.54) is 19.2 Å². The molecule has 0 saturated carbocycles. The van der Waals surface area contributed by atoms with Crippen LogP contribution in [0.1, 0.15) is 23.2 Å². The van der Waals surface area contributed by atoms with Crippen molar-refractivity contribution in [3.05, 3.63) is 23.8 Å². The number of methoxy groups -OCH3 is 1. The molecule has 0 bridgehead atoms. The summed E-state index contributed by atoms with van der Waals surface area (Å²) in [4.78, 5) is 10.9. The molecule has 1 aliphatic heterocycles. The molecule has 0 amide bonds. The summed E-state index contributed by atoms with van der Waals surface area (Å²) in [6.07, 6.45) is 1.99. The van der Waals surface area contributed by atoms with Crippen molar-refractivity contribution < 1.29 is 24.1 Å². The fourth-order valence-electron chi connectivity index (χ4n) is 2.04. The maximum absolute atomic E-state index is 10.9. The SMILES string of the molecule is COc1cc(C(=O)O)ccc1OCC1CCOCC1. The van der Waals surface area contributed by atoms with E-state index in [-0.39, 0.29) is 5.56 Å². The molecule has 2 rings (SSSR count). The molecule has 1 aromatic rings. The Balaban J connectivity index is 2.00. The molecule has 1 aliphatic rings. The average Bonchev–Trinajstić information content (AvgIpc) is 2.45. The fraction of sp³-hybridized carbons (Fsp3) is 0.500. The predicted octanol–water partition coefficient (Wildman–Crippen LogP) is 2.20. The molecule has 1 N–H and O–H groups in total. The molecule has 0 unspecified atom stereocenters. The number of hydrogen-bond acceptors (Lipinski definition) is 4. The zero-order valence-electron chi connectivity index (χ0n) is 10.9. The molecule has 1 heterocycles. The van der Waals surface area contributed by atoms with E-state index in [4.69, 9.17) is 19.3 Å². The quantitative estimate of drug-likeness (QED) is 0.885. The van der Waals surface area contributed by atoms with Gasteiger partial charge in [0.25, 0.3) is 0 Å². The molecule has 104 valence electrons. The number of ether oxygens (including phenoxy) is 3. The van der Waals surface area contributed by atoms with Crippen molar-refractivity contribution in [2.45, 2.75) is 12.8 Å². The zero-order chi connectivity index (χ0) is 13.7. The van der Waals surface area contributed by atoms with Gasteiger partial charge in [0.1, 0.15) is 0 Å². The van der Waals surface area contributed by atoms with Crippen LogP contribution in [0.4, 0.5) is 0 Å². The highest BCUT2D eigenvalue weighted by molar-refractivity contribution is 5.88. The van der Waals surface area contributed by atoms with Gasteiger partial charge in [0.05, 0.1) is 19.3 Å². The average molecular weight is 266 g/mol. The molecule has 5 nitrogen and oxygen atoms in total. The molecular formula is C14H18O5. The Labute approximate surface area is 112 Å². The lowest BCUT2D eigenvalue weighted by Gasteiger charge is -2.22. The minimum absolute atomic E-state index is 0.190. The van der Waals surface area contributed by atoms with Crippen LogP contribution in [0.2, 0.25) is 0 Å². The Bertz CT molecular complexity index is 437. The molecule has 0 radical (unpaired) electrons. The summed E-state index contributed by atoms with van der Waals surface area (Å²) in [6, 6.07) is 4.63. The third-order valence-corrected chi connectivity index (χ3v) is 3.23. The Hall–Kier alpha value is -1.75. The van der Waals surface area contributed by atoms with E-state index in [2.05, 4.69) is 0 Å². The van der Waals surface area contributed by atoms with Gasteiger partial charge in [-0.1, -0.05) is 0 Å². The van der Waals surface area contributed by atoms with Crippen LogP contribution in [-0.2, 0) is 4.74 Å². The summed E-state index contributed by atoms with van der Waals surface area (Å²) < 4.78 is 16.2. The zero-order valence-corrected chi connectivity index (χ0v) is 10.9. The van der Waals surface area contributed by atoms with Gasteiger partial charge in [-0.15, -0.1) is 0 Å². The van der Waals surface area contributed by atoms with Crippen molar-refractivity contribution in [3.63, 3.8) is 0 Å². The lowest BCUT2D eigenvalue weighted by molar-refractivity contribution is 0.0493. The topological polar surface area (TPSA) is 65.0 Å². The molecule has 1 saturated heterocycles. The van der Waals surface area contributed by atoms with Gasteiger partial charge >= 0.3 is 5.97 Å². The Morgan fingerprint density at radius 1 is 1.37 bits per heavy atom. The minimum Gasteiger partial charge on any atom is -0.493 e. The van der Waals surface area contributed by atoms with Crippen LogP contribution in [0.15, 0.2) is 18.2 Å². The number of aromatic carboxylic acids is 1. The van der Waals surface area contributed by atoms with E-state index >= 15 is 0 Å². The number of benzene rings is 1. The van der Waals surface area contributed by atoms with Crippen LogP contribution < -0.4 is 9.47 Å². The van der Waals surface area contributed by atoms with Crippen LogP contribution in [-0.4, -0.2) is 38.0 Å². The van der Waals surface area contributed by atoms with Gasteiger partial charge in [-0.25, -0.2) is 4.79 Å². The smallest absolute Gasteiger partial charge is 0.335 e. The maximum Gasteiger partial charge on any atom is 0.335 e. The first-order valence-electron chi connectivity index (χ1n) is 6.32. The van der Waals surface area contributed by atoms with Gasteiger partial charge in [0.15, 0.2) is 11.5 Å². The third kappa shape index (κ3) is 3.61. The largest absolute Gasteiger partial charge is 0.493 e. The molecule has 0 aliphatic carbocycles. The van der Waals surface area contributed by atoms with Crippen molar-refractivity contribution in [1.29, 1.82) is 0 Å². The Morgan fingerprint density at radius 2 is 2.11 bits per heavy atom. The molecule has 0 atom stereocenters. The fourth-order valence-corrected chi connectivity index (χ4v) is 2.04. The first kappa shape index (κ1) is 13.7. The van der Waals surface area contributed by atoms with Crippen LogP contribution >= 0.6 is 0 Å². The second-order valence-corrected chi connectivity index (χ2v) is 4.54. The van der Waals surface area contributed by atoms with E-state index in [1.807, 2.05) is 0 Å². The predicted molar refractivity (Wildman–Crippen MR) is 69.0 cm³/mol. The monoisotopic (exact) mass is 266 g/mol. The Morgan fingerprint density at radius 3 is 2.74 bits per heavy atom. The number of carboxylic acids is 1. The van der Waals surface area contributed by atoms with Gasteiger partial charge in [-0.2, -0.15) is 0 Å². The number of carboxylic acid groups (broad SMARTS) is 1. The van der Waals surface area contributed by atoms with Crippen LogP contribution in [0, 0.1) is 5.92 Å². The van der Waals surface area contributed by atoms with Gasteiger partial charge in [0, 0.05) is 13.2 Å². The van der Waals surface area contributed by atoms with Crippen molar-refractivity contribution >= 4 is 5.97 Å². The highest BCUT2D eigenvalue weighted by atomic mass is 16.5. The second kappa shape index (κ2) is 6.43. The highest BCUT2D eigenvalue weighted by Crippen LogP contribution is 2.29. The highest BCUT2D eigenvalue weighted by Gasteiger charge is 2.16. The van der Waals surface area contributed by atoms with Crippen molar-refractivity contribution in [2.75, 3.05) is 26.9 Å². The third-order valence-electron chi connectivity index (χ3n) is 3.23. The summed E-state index contributed by atoms with van der Waals surface area (Å²) in [5.41, 5.74) is 0.190. The molecule has 19 heavy (non-hydrogen) atoms. The number of rotatable bonds is 5. The summed E-state index contributed by atoms with van der Waals surface area (Å²) in [7, 11) is 1.50. The lowest BCUT2D eigenvalue weighted by atomic mass is 10.0. The molecular weight excluding hydrogens is 248 g/mol. The maximum atomic E-state index is 10.9. The standard InChI is InChI=1S/C14H18O5/c1-17-13-8-11(14(15)16)2-3-12(13)19-9-10-4-6-18-7-5-10/h2-3,8,10H,4-7,9H2,1H3,(H,15,16). The van der Waals surface area contributed by atoms with Crippen LogP contribution in [0.25, 0.3) is 0 Å². The van der Waals surface area contributed by atoms with Gasteiger partial charge < -0.3 is 19.3 Å². The normalized spacial score (nSPS) is 16.1. The van der Waals surface area contributed by atoms with Gasteiger partial charge in [-0.05, 0) is 37.0 Å². The van der Waals surface area contributed by atoms with E-state index in [0.29, 0.717) is 24.0 Å². The summed E-state index contributed by atoms with van der Waals surface area (Å²) >= 11 is 0. The first-order valence-corrected chi connectivity index (χ1v) is 6.32. The van der Waals surface area contributed by atoms with E-state index in [1.54, 1.807) is 6.07 Å². The number of carbonyl (C=O) groups is 1. The number of hydrogen-bond donors (Lipinski definition) is 1. The molecule has 0 aromatic heterocycles. The van der Waals surface area contributed by atoms with Crippen molar-refractivity contribution in [1.82, 2.24) is 0 Å². The van der Waals surface area contributed by atoms with Gasteiger partial charge in [0.2, 0.25) is 0 Å². The van der Waals surface area contributed by atoms with Crippen molar-refractivity contribution in [3.8, 4) is 11.5 Å². The summed E-state index contributed by atoms with van der Waals surface area (Å²) in [5, 5.41) is 8.92. The minimum atomic E-state index is -0.978. The van der Waals surface area contributed by atoms with Crippen LogP contribution in [0.3, 0.4) is 0 Å². The molecule has 1 fully saturated rings. The molecule has 5 heteroatoms. The summed E-state index contributed by atoms with van der Waals surface area (Å²) in [6.45, 7) is 2.17. The Kier molecular flexibility index (Phi) is 4.63. The first-order chi connectivity index (χ1) is 9.20.